The van der Waals surface area contributed by atoms with Gasteiger partial charge in [-0.2, -0.15) is 0 Å². The molecule has 50 heteroatoms. The Morgan fingerprint density at radius 1 is 0.485 bits per heavy atom. The number of methoxy groups -OCH3 is 7. The number of carbonyl (C=O) groups is 9. The molecule has 3 aliphatic heterocycles. The molecule has 136 heavy (non-hydrogen) atoms. The number of phenolic OH excluding ortho intramolecular Hbond substituents is 3. The summed E-state index contributed by atoms with van der Waals surface area (Å²) in [5.41, 5.74) is 21.0. The number of aliphatic carboxylic acids is 2. The number of thiazole rings is 1. The van der Waals surface area contributed by atoms with Crippen molar-refractivity contribution in [1.82, 2.24) is 19.7 Å². The van der Waals surface area contributed by atoms with Crippen LogP contribution in [0.15, 0.2) is 193 Å². The summed E-state index contributed by atoms with van der Waals surface area (Å²) in [6, 6.07) is 31.9. The number of aliphatic hydroxyl groups excluding tert-OH is 1. The number of carbonyl (C=O) groups excluding carboxylic acids is 7. The van der Waals surface area contributed by atoms with Gasteiger partial charge < -0.3 is 111 Å². The summed E-state index contributed by atoms with van der Waals surface area (Å²) in [4.78, 5) is 115. The summed E-state index contributed by atoms with van der Waals surface area (Å²) in [6.07, 6.45) is 1.68. The Balaban J connectivity index is 0.000000801. The number of aliphatic hydroxyl groups is 1. The predicted molar refractivity (Wildman–Crippen MR) is 507 cm³/mol. The van der Waals surface area contributed by atoms with Crippen molar-refractivity contribution in [2.24, 2.45) is 11.5 Å². The zero-order valence-corrected chi connectivity index (χ0v) is 85.3. The number of halogens is 14. The maximum Gasteiger partial charge on any atom is 1.00 e. The van der Waals surface area contributed by atoms with Crippen LogP contribution < -0.4 is 45.5 Å². The van der Waals surface area contributed by atoms with E-state index in [9.17, 15) is 80.4 Å². The molecule has 0 fully saturated rings. The van der Waals surface area contributed by atoms with E-state index in [1.807, 2.05) is 23.6 Å². The summed E-state index contributed by atoms with van der Waals surface area (Å²) >= 11 is 23.0. The number of phenols is 3. The van der Waals surface area contributed by atoms with Crippen LogP contribution in [0.25, 0.3) is 0 Å². The van der Waals surface area contributed by atoms with E-state index >= 15 is 0 Å². The molecule has 13 N–H and O–H groups in total. The molecule has 0 spiro atoms. The number of hydrogen-bond donors (Lipinski definition) is 9. The van der Waals surface area contributed by atoms with Crippen molar-refractivity contribution in [3.63, 3.8) is 0 Å². The van der Waals surface area contributed by atoms with E-state index in [0.29, 0.717) is 48.8 Å². The van der Waals surface area contributed by atoms with Gasteiger partial charge in [-0.15, -0.1) is 23.7 Å². The van der Waals surface area contributed by atoms with Crippen LogP contribution in [0.2, 0.25) is 0 Å². The second kappa shape index (κ2) is 63.0. The summed E-state index contributed by atoms with van der Waals surface area (Å²) in [5, 5.41) is 56.9. The second-order valence-corrected chi connectivity index (χ2v) is 34.0. The van der Waals surface area contributed by atoms with Crippen molar-refractivity contribution in [3.05, 3.63) is 295 Å². The van der Waals surface area contributed by atoms with Crippen LogP contribution in [-0.2, 0) is 91.3 Å². The molecule has 0 radical (unpaired) electrons. The van der Waals surface area contributed by atoms with E-state index in [1.165, 1.54) is 93.0 Å². The molecule has 5 atom stereocenters. The van der Waals surface area contributed by atoms with Crippen molar-refractivity contribution in [2.75, 3.05) is 82.3 Å². The summed E-state index contributed by atoms with van der Waals surface area (Å²) in [5.74, 6) is -9.71. The quantitative estimate of drug-likeness (QED) is 0.00579. The molecule has 4 heterocycles. The number of rotatable bonds is 22. The smallest absolute Gasteiger partial charge is 0.870 e. The van der Waals surface area contributed by atoms with Crippen LogP contribution in [0.5, 0.6) is 28.7 Å². The number of aromatic hydroxyl groups is 3. The number of fused-ring (bicyclic) bond motifs is 3. The van der Waals surface area contributed by atoms with Gasteiger partial charge in [-0.05, 0) is 162 Å². The number of hydrogen-bond acceptors (Lipinski definition) is 29. The Hall–Kier alpha value is -9.68. The third-order valence-corrected chi connectivity index (χ3v) is 21.2. The van der Waals surface area contributed by atoms with Gasteiger partial charge in [0.2, 0.25) is 9.23 Å². The Bertz CT molecular complexity index is 5700. The average Bonchev–Trinajstić information content (AvgIpc) is 1.64. The number of nitrogens with zero attached hydrogens (tertiary/aromatic N) is 4. The van der Waals surface area contributed by atoms with E-state index in [-0.39, 0.29) is 144 Å². The van der Waals surface area contributed by atoms with Crippen LogP contribution in [0, 0.1) is 29.1 Å². The minimum absolute atomic E-state index is 0. The van der Waals surface area contributed by atoms with E-state index in [4.69, 9.17) is 76.8 Å². The number of nitrogen functional groups attached to an aromatic ring is 1. The van der Waals surface area contributed by atoms with Crippen molar-refractivity contribution in [2.45, 2.75) is 55.2 Å². The SMILES string of the molecule is CO.COC(=O)[C@@H](c1cc(F)ccc1O)N1Cc2ccc(Br)cc2C1=O.COC(=O)[C@H](N)c1cc(F)ccc1O.COC(=O)c1cc(Br)ccc1CBr.COCCl.COCOc1ccc(F)cc1[C@H](C(=O)O)N1Cc2ccc(Br)cc2C1=O.COCOc1ccc(F)cc1[C@H](C(=O)OC)N1Cc2ccc(Br)cc2C1=O.Cl.N[C@@H](C(=O)O)c1cc(F)ccc1O.Nc1nccs1.O=S(Cl)Cl.[Li+].[OH-]. The zero-order valence-electron chi connectivity index (χ0n) is 72.6. The molecule has 33 nitrogen and oxygen atoms in total. The number of ether oxygens (including phenoxy) is 9. The zero-order chi connectivity index (χ0) is 99.8. The molecule has 10 aromatic rings. The van der Waals surface area contributed by atoms with Crippen LogP contribution >= 0.6 is 136 Å². The van der Waals surface area contributed by atoms with Gasteiger partial charge in [-0.3, -0.25) is 24.0 Å². The first-order valence-electron chi connectivity index (χ1n) is 37.2. The molecule has 1 aromatic heterocycles. The Kier molecular flexibility index (Phi) is 57.6. The topological polar surface area (TPSA) is 506 Å². The molecular weight excluding hydrogens is 2250 g/mol. The first-order valence-corrected chi connectivity index (χ1v) is 45.7. The molecule has 0 saturated heterocycles. The average molecular weight is 2340 g/mol. The van der Waals surface area contributed by atoms with Crippen LogP contribution in [0.3, 0.4) is 0 Å². The van der Waals surface area contributed by atoms with Crippen molar-refractivity contribution < 1.29 is 167 Å². The third-order valence-electron chi connectivity index (χ3n) is 17.8. The number of nitrogens with two attached hydrogens (primary N) is 3. The molecule has 3 amide bonds. The number of amides is 3. The molecule has 9 aromatic carbocycles. The van der Waals surface area contributed by atoms with Gasteiger partial charge in [0, 0.05) is 149 Å². The molecular formula is C86H86Br5Cl4F5LiN7O26S2. The molecule has 732 valence electrons. The Morgan fingerprint density at radius 2 is 0.809 bits per heavy atom. The van der Waals surface area contributed by atoms with E-state index in [0.717, 1.165) is 104 Å². The number of anilines is 1. The largest absolute Gasteiger partial charge is 1.00 e. The summed E-state index contributed by atoms with van der Waals surface area (Å²) in [7, 11) is 17.7. The predicted octanol–water partition coefficient (Wildman–Crippen LogP) is 13.9. The number of alkyl halides is 2. The standard InChI is InChI=1S/C19H17BrFNO5.C18H15BrFNO5.C17H13BrFNO4.C9H8Br2O2.C9H10FNO3.C8H8FNO3.C3H4N2S.C2H5ClO.CH4O.Cl2OS.ClH.Li.H2O/c1-25-10-27-16-6-5-13(21)8-15(16)17(19(24)26-2)22-9-11-3-4-12(20)7-14(11)18(22)23;1-25-9-26-15-5-4-12(20)7-14(15)16(18(23)24)21-8-10-2-3-11(19)6-13(10)17(21)22;1-24-17(23)15(13-7-11(19)4-5-14(13)21)20-8-9-2-3-10(18)6-12(9)16(20)22;1-13-9(12)8-4-7(11)3-2-6(8)5-10;1-14-9(13)8(11)6-4-5(10)2-3-7(6)12;9-4-1-2-6(11)5(3-4)7(10)8(12)13;4-3-5-1-2-6-3;1-4-2-3;1-2;1-4(2)3;;;/h3-8,17H,9-10H2,1-2H3;2-7,16H,8-9H2,1H3,(H,23,24);2-7,15,21H,8H2,1H3;2-4H,5H2,1H3;2-4,8,12H,11H2,1H3;1-3,7,11H,10H2,(H,12,13);1-2H,(H2,4,5);2H2,1H3;2H,1H3;;1H;;1H2/q;;;;;;;;;;;+1;/p-1/t17-;16-;15-;;8-;7-;;;;;;;/m111.11......./s1. The minimum atomic E-state index is -1.67. The Morgan fingerprint density at radius 3 is 1.12 bits per heavy atom. The molecule has 0 saturated carbocycles. The third kappa shape index (κ3) is 37.2. The number of carboxylic acid groups (broad SMARTS) is 2. The molecule has 0 aliphatic carbocycles. The maximum atomic E-state index is 13.9. The normalized spacial score (nSPS) is 12.4. The van der Waals surface area contributed by atoms with Crippen molar-refractivity contribution >= 4 is 204 Å². The van der Waals surface area contributed by atoms with Gasteiger partial charge in [-0.1, -0.05) is 116 Å². The molecule has 13 rings (SSSR count). The fourth-order valence-corrected chi connectivity index (χ4v) is 14.2. The minimum Gasteiger partial charge on any atom is -0.870 e. The van der Waals surface area contributed by atoms with Gasteiger partial charge in [0.1, 0.15) is 76.0 Å². The van der Waals surface area contributed by atoms with E-state index in [1.54, 1.807) is 67.9 Å². The maximum absolute atomic E-state index is 13.9. The first kappa shape index (κ1) is 124. The molecule has 0 unspecified atom stereocenters. The van der Waals surface area contributed by atoms with Crippen LogP contribution in [-0.4, -0.2) is 190 Å². The second-order valence-electron chi connectivity index (χ2n) is 26.1. The fraction of sp³-hybridized carbons (Fsp3) is 0.233. The van der Waals surface area contributed by atoms with Gasteiger partial charge >= 0.3 is 54.7 Å². The number of benzene rings is 9. The number of esters is 4. The van der Waals surface area contributed by atoms with Crippen LogP contribution in [0.1, 0.15) is 122 Å². The van der Waals surface area contributed by atoms with Gasteiger partial charge in [0.05, 0.1) is 34.0 Å². The van der Waals surface area contributed by atoms with E-state index in [2.05, 4.69) is 120 Å². The summed E-state index contributed by atoms with van der Waals surface area (Å²) < 4.78 is 122. The van der Waals surface area contributed by atoms with E-state index < -0.39 is 104 Å². The monoisotopic (exact) mass is 2330 g/mol. The molecule has 3 aliphatic rings. The van der Waals surface area contributed by atoms with Gasteiger partial charge in [-0.25, -0.2) is 50.3 Å². The van der Waals surface area contributed by atoms with Crippen LogP contribution in [0.4, 0.5) is 27.1 Å². The number of aromatic nitrogens is 1. The first-order chi connectivity index (χ1) is 63.1. The molecule has 0 bridgehead atoms. The summed E-state index contributed by atoms with van der Waals surface area (Å²) in [6.45, 7) is 0.247. The van der Waals surface area contributed by atoms with Gasteiger partial charge in [0.15, 0.2) is 36.8 Å². The van der Waals surface area contributed by atoms with Crippen molar-refractivity contribution in [3.8, 4) is 28.7 Å². The van der Waals surface area contributed by atoms with Crippen molar-refractivity contribution in [1.29, 1.82) is 0 Å². The Labute approximate surface area is 855 Å². The number of carboxylic acids is 2. The fourth-order valence-electron chi connectivity index (χ4n) is 11.9. The van der Waals surface area contributed by atoms with Gasteiger partial charge in [0.25, 0.3) is 17.7 Å².